The van der Waals surface area contributed by atoms with E-state index in [0.29, 0.717) is 18.4 Å². The molecule has 0 unspecified atom stereocenters. The van der Waals surface area contributed by atoms with Gasteiger partial charge in [0, 0.05) is 32.0 Å². The number of ether oxygens (including phenoxy) is 6. The van der Waals surface area contributed by atoms with Gasteiger partial charge in [0.05, 0.1) is 13.5 Å². The van der Waals surface area contributed by atoms with Gasteiger partial charge in [-0.3, -0.25) is 14.4 Å². The Balaban J connectivity index is 1.74. The number of rotatable bonds is 29. The number of carbonyl (C=O) groups is 5. The number of amides is 1. The number of benzene rings is 2. The van der Waals surface area contributed by atoms with E-state index in [1.165, 1.54) is 30.2 Å². The van der Waals surface area contributed by atoms with E-state index in [-0.39, 0.29) is 69.1 Å². The van der Waals surface area contributed by atoms with Gasteiger partial charge in [0.15, 0.2) is 13.2 Å². The molecule has 0 bridgehead atoms. The summed E-state index contributed by atoms with van der Waals surface area (Å²) < 4.78 is 32.6. The van der Waals surface area contributed by atoms with Gasteiger partial charge in [0.25, 0.3) is 0 Å². The lowest BCUT2D eigenvalue weighted by Gasteiger charge is -2.23. The fourth-order valence-corrected chi connectivity index (χ4v) is 6.09. The van der Waals surface area contributed by atoms with Crippen LogP contribution in [-0.2, 0) is 51.3 Å². The molecule has 0 radical (unpaired) electrons. The summed E-state index contributed by atoms with van der Waals surface area (Å²) in [7, 11) is 1.62. The first-order valence-corrected chi connectivity index (χ1v) is 21.0. The summed E-state index contributed by atoms with van der Waals surface area (Å²) in [6.45, 7) is 10.1. The summed E-state index contributed by atoms with van der Waals surface area (Å²) >= 11 is 0. The standard InChI is InChI=1S/C46H69NO12/c1-45(2,3)58-43(52)33-55-38-28-36(29-39(30-38)56-34-44(53)59-46(4,5)6)31-47(27-26-41(49)50)40(48)20-18-16-14-12-10-8-9-11-13-15-17-19-21-42(51)57-32-35-22-24-37(54-7)25-23-35/h22-25,28-30H,8-21,26-27,31-34H2,1-7H3,(H,49,50). The molecule has 0 saturated carbocycles. The first-order chi connectivity index (χ1) is 27.9. The zero-order chi connectivity index (χ0) is 43.7. The van der Waals surface area contributed by atoms with Crippen LogP contribution in [0.3, 0.4) is 0 Å². The van der Waals surface area contributed by atoms with Crippen molar-refractivity contribution in [2.24, 2.45) is 0 Å². The predicted molar refractivity (Wildman–Crippen MR) is 224 cm³/mol. The van der Waals surface area contributed by atoms with Crippen LogP contribution in [0.4, 0.5) is 0 Å². The Morgan fingerprint density at radius 1 is 0.559 bits per heavy atom. The second-order valence-corrected chi connectivity index (χ2v) is 16.8. The molecule has 0 spiro atoms. The fourth-order valence-electron chi connectivity index (χ4n) is 6.09. The molecule has 0 fully saturated rings. The average molecular weight is 828 g/mol. The van der Waals surface area contributed by atoms with E-state index in [0.717, 1.165) is 62.7 Å². The minimum absolute atomic E-state index is 0.0170. The first kappa shape index (κ1) is 50.3. The van der Waals surface area contributed by atoms with Crippen molar-refractivity contribution in [1.82, 2.24) is 4.90 Å². The zero-order valence-corrected chi connectivity index (χ0v) is 36.6. The third kappa shape index (κ3) is 25.3. The fraction of sp³-hybridized carbons (Fsp3) is 0.630. The highest BCUT2D eigenvalue weighted by Crippen LogP contribution is 2.26. The van der Waals surface area contributed by atoms with Crippen LogP contribution in [0.5, 0.6) is 17.2 Å². The van der Waals surface area contributed by atoms with Crippen LogP contribution in [0, 0.1) is 0 Å². The molecular weight excluding hydrogens is 759 g/mol. The summed E-state index contributed by atoms with van der Waals surface area (Å²) in [6.07, 6.45) is 13.0. The number of carboxylic acid groups (broad SMARTS) is 1. The summed E-state index contributed by atoms with van der Waals surface area (Å²) in [5, 5.41) is 9.40. The molecule has 0 atom stereocenters. The molecule has 1 N–H and O–H groups in total. The summed E-state index contributed by atoms with van der Waals surface area (Å²) in [5.74, 6) is -1.19. The molecule has 59 heavy (non-hydrogen) atoms. The number of aliphatic carboxylic acids is 1. The van der Waals surface area contributed by atoms with E-state index in [4.69, 9.17) is 28.4 Å². The van der Waals surface area contributed by atoms with E-state index >= 15 is 0 Å². The lowest BCUT2D eigenvalue weighted by molar-refractivity contribution is -0.158. The van der Waals surface area contributed by atoms with E-state index in [9.17, 15) is 29.1 Å². The van der Waals surface area contributed by atoms with Gasteiger partial charge in [-0.2, -0.15) is 0 Å². The number of hydrogen-bond donors (Lipinski definition) is 1. The molecule has 330 valence electrons. The van der Waals surface area contributed by atoms with Gasteiger partial charge in [-0.25, -0.2) is 9.59 Å². The quantitative estimate of drug-likeness (QED) is 0.0471. The van der Waals surface area contributed by atoms with Crippen LogP contribution in [0.2, 0.25) is 0 Å². The maximum Gasteiger partial charge on any atom is 0.344 e. The van der Waals surface area contributed by atoms with Gasteiger partial charge in [-0.05, 0) is 89.8 Å². The normalized spacial score (nSPS) is 11.4. The second kappa shape index (κ2) is 27.0. The molecule has 0 aromatic heterocycles. The number of esters is 3. The van der Waals surface area contributed by atoms with Crippen molar-refractivity contribution in [3.05, 3.63) is 53.6 Å². The van der Waals surface area contributed by atoms with E-state index in [1.807, 2.05) is 24.3 Å². The van der Waals surface area contributed by atoms with Crippen molar-refractivity contribution in [3.8, 4) is 17.2 Å². The maximum atomic E-state index is 13.4. The third-order valence-electron chi connectivity index (χ3n) is 8.90. The largest absolute Gasteiger partial charge is 0.497 e. The molecule has 0 heterocycles. The monoisotopic (exact) mass is 827 g/mol. The highest BCUT2D eigenvalue weighted by atomic mass is 16.6. The number of nitrogens with zero attached hydrogens (tertiary/aromatic N) is 1. The molecule has 0 aliphatic rings. The zero-order valence-electron chi connectivity index (χ0n) is 36.6. The summed E-state index contributed by atoms with van der Waals surface area (Å²) in [4.78, 5) is 63.1. The van der Waals surface area contributed by atoms with Crippen LogP contribution in [0.1, 0.15) is 149 Å². The van der Waals surface area contributed by atoms with Gasteiger partial charge in [-0.15, -0.1) is 0 Å². The van der Waals surface area contributed by atoms with Gasteiger partial charge in [-0.1, -0.05) is 76.3 Å². The summed E-state index contributed by atoms with van der Waals surface area (Å²) in [5.41, 5.74) is 0.122. The Morgan fingerprint density at radius 3 is 1.46 bits per heavy atom. The van der Waals surface area contributed by atoms with Crippen molar-refractivity contribution < 1.29 is 57.5 Å². The predicted octanol–water partition coefficient (Wildman–Crippen LogP) is 9.14. The Morgan fingerprint density at radius 2 is 1.02 bits per heavy atom. The van der Waals surface area contributed by atoms with Crippen LogP contribution in [0.25, 0.3) is 0 Å². The van der Waals surface area contributed by atoms with Crippen LogP contribution < -0.4 is 14.2 Å². The van der Waals surface area contributed by atoms with Crippen molar-refractivity contribution in [2.75, 3.05) is 26.9 Å². The highest BCUT2D eigenvalue weighted by Gasteiger charge is 2.20. The highest BCUT2D eigenvalue weighted by molar-refractivity contribution is 5.77. The average Bonchev–Trinajstić information content (AvgIpc) is 3.15. The van der Waals surface area contributed by atoms with Crippen molar-refractivity contribution in [2.45, 2.75) is 162 Å². The van der Waals surface area contributed by atoms with Gasteiger partial charge < -0.3 is 38.4 Å². The molecule has 0 aliphatic carbocycles. The number of hydrogen-bond acceptors (Lipinski definition) is 11. The van der Waals surface area contributed by atoms with Crippen LogP contribution >= 0.6 is 0 Å². The Labute approximate surface area is 351 Å². The molecule has 1 amide bonds. The number of carbonyl (C=O) groups excluding carboxylic acids is 4. The van der Waals surface area contributed by atoms with Crippen molar-refractivity contribution in [1.29, 1.82) is 0 Å². The van der Waals surface area contributed by atoms with Gasteiger partial charge >= 0.3 is 23.9 Å². The van der Waals surface area contributed by atoms with Gasteiger partial charge in [0.1, 0.15) is 35.1 Å². The smallest absolute Gasteiger partial charge is 0.344 e. The molecule has 0 aliphatic heterocycles. The third-order valence-corrected chi connectivity index (χ3v) is 8.90. The second-order valence-electron chi connectivity index (χ2n) is 16.8. The first-order valence-electron chi connectivity index (χ1n) is 21.0. The van der Waals surface area contributed by atoms with Crippen LogP contribution in [-0.4, -0.2) is 77.9 Å². The molecular formula is C46H69NO12. The lowest BCUT2D eigenvalue weighted by Crippen LogP contribution is -2.32. The number of unbranched alkanes of at least 4 members (excludes halogenated alkanes) is 11. The van der Waals surface area contributed by atoms with Crippen molar-refractivity contribution >= 4 is 29.8 Å². The number of methoxy groups -OCH3 is 1. The summed E-state index contributed by atoms with van der Waals surface area (Å²) in [6, 6.07) is 12.3. The topological polar surface area (TPSA) is 164 Å². The molecule has 13 nitrogen and oxygen atoms in total. The Kier molecular flexibility index (Phi) is 23.1. The van der Waals surface area contributed by atoms with Gasteiger partial charge in [0.2, 0.25) is 5.91 Å². The Bertz CT molecular complexity index is 1530. The van der Waals surface area contributed by atoms with Crippen molar-refractivity contribution in [3.63, 3.8) is 0 Å². The molecule has 2 aromatic carbocycles. The molecule has 2 aromatic rings. The Hall–Kier alpha value is -4.81. The van der Waals surface area contributed by atoms with Crippen LogP contribution in [0.15, 0.2) is 42.5 Å². The van der Waals surface area contributed by atoms with E-state index in [1.54, 1.807) is 60.8 Å². The number of carboxylic acids is 1. The molecule has 0 saturated heterocycles. The lowest BCUT2D eigenvalue weighted by atomic mass is 10.0. The minimum Gasteiger partial charge on any atom is -0.497 e. The molecule has 13 heteroatoms. The van der Waals surface area contributed by atoms with E-state index < -0.39 is 29.1 Å². The maximum absolute atomic E-state index is 13.4. The minimum atomic E-state index is -1.02. The SMILES string of the molecule is COc1ccc(COC(=O)CCCCCCCCCCCCCCC(=O)N(CCC(=O)O)Cc2cc(OCC(=O)OC(C)(C)C)cc(OCC(=O)OC(C)(C)C)c2)cc1. The van der Waals surface area contributed by atoms with E-state index in [2.05, 4.69) is 0 Å². The molecule has 2 rings (SSSR count).